The summed E-state index contributed by atoms with van der Waals surface area (Å²) >= 11 is 0. The Kier molecular flexibility index (Phi) is 3.52. The van der Waals surface area contributed by atoms with Gasteiger partial charge in [-0.1, -0.05) is 6.07 Å². The van der Waals surface area contributed by atoms with Gasteiger partial charge in [0, 0.05) is 6.07 Å². The molecular formula is C13H19BN2O4. The van der Waals surface area contributed by atoms with Crippen LogP contribution in [0.3, 0.4) is 0 Å². The molecule has 0 atom stereocenters. The summed E-state index contributed by atoms with van der Waals surface area (Å²) in [7, 11) is -0.719. The summed E-state index contributed by atoms with van der Waals surface area (Å²) < 4.78 is 11.8. The van der Waals surface area contributed by atoms with Crippen molar-refractivity contribution in [3.63, 3.8) is 0 Å². The van der Waals surface area contributed by atoms with Crippen molar-refractivity contribution in [1.29, 1.82) is 0 Å². The highest BCUT2D eigenvalue weighted by atomic mass is 16.7. The number of aromatic amines is 1. The number of hydrogen-bond acceptors (Lipinski definition) is 4. The van der Waals surface area contributed by atoms with Gasteiger partial charge in [-0.15, -0.1) is 0 Å². The molecule has 7 heteroatoms. The Morgan fingerprint density at radius 2 is 1.80 bits per heavy atom. The van der Waals surface area contributed by atoms with E-state index in [0.29, 0.717) is 11.2 Å². The van der Waals surface area contributed by atoms with Gasteiger partial charge in [-0.05, 0) is 33.3 Å². The van der Waals surface area contributed by atoms with E-state index in [2.05, 4.69) is 4.98 Å². The lowest BCUT2D eigenvalue weighted by molar-refractivity contribution is -0.117. The molecule has 0 unspecified atom stereocenters. The van der Waals surface area contributed by atoms with Gasteiger partial charge in [0.05, 0.1) is 23.2 Å². The minimum Gasteiger partial charge on any atom is -0.398 e. The van der Waals surface area contributed by atoms with Crippen LogP contribution in [0.25, 0.3) is 0 Å². The van der Waals surface area contributed by atoms with Gasteiger partial charge >= 0.3 is 7.12 Å². The van der Waals surface area contributed by atoms with E-state index in [1.807, 2.05) is 27.7 Å². The molecule has 1 amide bonds. The number of aromatic nitrogens is 1. The largest absolute Gasteiger partial charge is 0.512 e. The zero-order chi connectivity index (χ0) is 15.1. The van der Waals surface area contributed by atoms with Crippen LogP contribution in [0.4, 0.5) is 0 Å². The average molecular weight is 278 g/mol. The highest BCUT2D eigenvalue weighted by Gasteiger charge is 2.52. The highest BCUT2D eigenvalue weighted by Crippen LogP contribution is 2.36. The molecular weight excluding hydrogens is 259 g/mol. The second-order valence-electron chi connectivity index (χ2n) is 5.99. The van der Waals surface area contributed by atoms with E-state index in [0.717, 1.165) is 0 Å². The van der Waals surface area contributed by atoms with Crippen molar-refractivity contribution < 1.29 is 14.1 Å². The summed E-state index contributed by atoms with van der Waals surface area (Å²) in [5, 5.41) is 0. The first-order valence-electron chi connectivity index (χ1n) is 6.48. The number of carbonyl (C=O) groups is 1. The molecule has 0 spiro atoms. The summed E-state index contributed by atoms with van der Waals surface area (Å²) in [4.78, 5) is 25.3. The summed E-state index contributed by atoms with van der Waals surface area (Å²) in [6, 6.07) is 2.93. The molecule has 1 aliphatic heterocycles. The number of nitrogens with two attached hydrogens (primary N) is 1. The molecule has 6 nitrogen and oxygen atoms in total. The number of amides is 1. The second-order valence-corrected chi connectivity index (χ2v) is 5.99. The van der Waals surface area contributed by atoms with Crippen LogP contribution in [-0.4, -0.2) is 29.2 Å². The molecule has 20 heavy (non-hydrogen) atoms. The van der Waals surface area contributed by atoms with E-state index in [4.69, 9.17) is 15.0 Å². The maximum Gasteiger partial charge on any atom is 0.512 e. The molecule has 3 N–H and O–H groups in total. The molecule has 0 aromatic carbocycles. The number of pyridine rings is 1. The third-order valence-corrected chi connectivity index (χ3v) is 3.89. The number of nitrogens with one attached hydrogen (secondary N) is 1. The summed E-state index contributed by atoms with van der Waals surface area (Å²) in [5.74, 6) is -0.477. The summed E-state index contributed by atoms with van der Waals surface area (Å²) in [6.45, 7) is 7.67. The smallest absolute Gasteiger partial charge is 0.398 e. The third kappa shape index (κ3) is 2.64. The lowest BCUT2D eigenvalue weighted by atomic mass is 9.80. The van der Waals surface area contributed by atoms with Crippen molar-refractivity contribution in [2.45, 2.75) is 45.3 Å². The van der Waals surface area contributed by atoms with Crippen molar-refractivity contribution in [3.8, 4) is 0 Å². The normalized spacial score (nSPS) is 20.1. The first-order valence-corrected chi connectivity index (χ1v) is 6.48. The molecule has 1 saturated heterocycles. The van der Waals surface area contributed by atoms with E-state index < -0.39 is 24.2 Å². The van der Waals surface area contributed by atoms with Crippen molar-refractivity contribution in [2.24, 2.45) is 5.73 Å². The number of carbonyl (C=O) groups excluding carboxylic acids is 1. The van der Waals surface area contributed by atoms with Crippen molar-refractivity contribution in [2.75, 3.05) is 0 Å². The number of hydrogen-bond donors (Lipinski definition) is 2. The molecule has 1 fully saturated rings. The maximum absolute atomic E-state index is 11.5. The predicted octanol–water partition coefficient (Wildman–Crippen LogP) is -0.298. The van der Waals surface area contributed by atoms with Crippen LogP contribution in [-0.2, 0) is 20.5 Å². The number of H-pyrrole nitrogens is 1. The molecule has 1 aliphatic rings. The molecule has 2 heterocycles. The monoisotopic (exact) mass is 278 g/mol. The Labute approximate surface area is 117 Å². The molecule has 108 valence electrons. The highest BCUT2D eigenvalue weighted by molar-refractivity contribution is 6.61. The average Bonchev–Trinajstić information content (AvgIpc) is 2.50. The van der Waals surface area contributed by atoms with Crippen LogP contribution in [0.15, 0.2) is 16.9 Å². The van der Waals surface area contributed by atoms with Crippen molar-refractivity contribution in [3.05, 3.63) is 28.0 Å². The van der Waals surface area contributed by atoms with Crippen LogP contribution in [0.1, 0.15) is 33.3 Å². The zero-order valence-corrected chi connectivity index (χ0v) is 12.1. The van der Waals surface area contributed by atoms with Crippen LogP contribution in [0, 0.1) is 0 Å². The van der Waals surface area contributed by atoms with E-state index in [1.54, 1.807) is 6.07 Å². The first kappa shape index (κ1) is 14.8. The predicted molar refractivity (Wildman–Crippen MR) is 75.7 cm³/mol. The van der Waals surface area contributed by atoms with Crippen LogP contribution in [0.2, 0.25) is 0 Å². The van der Waals surface area contributed by atoms with E-state index >= 15 is 0 Å². The molecule has 0 bridgehead atoms. The fourth-order valence-electron chi connectivity index (χ4n) is 2.03. The maximum atomic E-state index is 11.5. The Hall–Kier alpha value is -1.60. The molecule has 2 rings (SSSR count). The van der Waals surface area contributed by atoms with Gasteiger partial charge in [-0.2, -0.15) is 0 Å². The standard InChI is InChI=1S/C13H19BN2O4/c1-12(2)13(3,4)20-14(19-12)11-8(7-9(15)17)5-6-10(18)16-11/h5-6H,7H2,1-4H3,(H2,15,17)(H,16,18). The fourth-order valence-corrected chi connectivity index (χ4v) is 2.03. The van der Waals surface area contributed by atoms with Gasteiger partial charge < -0.3 is 20.0 Å². The van der Waals surface area contributed by atoms with Gasteiger partial charge in [0.25, 0.3) is 0 Å². The van der Waals surface area contributed by atoms with Crippen molar-refractivity contribution in [1.82, 2.24) is 4.98 Å². The Morgan fingerprint density at radius 3 is 2.30 bits per heavy atom. The third-order valence-electron chi connectivity index (χ3n) is 3.89. The zero-order valence-electron chi connectivity index (χ0n) is 12.1. The van der Waals surface area contributed by atoms with Gasteiger partial charge in [0.15, 0.2) is 0 Å². The summed E-state index contributed by atoms with van der Waals surface area (Å²) in [5.41, 5.74) is 4.97. The van der Waals surface area contributed by atoms with Crippen LogP contribution >= 0.6 is 0 Å². The Balaban J connectivity index is 2.41. The van der Waals surface area contributed by atoms with Gasteiger partial charge in [-0.25, -0.2) is 0 Å². The first-order chi connectivity index (χ1) is 9.12. The quantitative estimate of drug-likeness (QED) is 0.742. The SMILES string of the molecule is CC1(C)OB(c2[nH]c(=O)ccc2CC(N)=O)OC1(C)C. The minimum atomic E-state index is -0.719. The molecule has 0 saturated carbocycles. The Morgan fingerprint density at radius 1 is 1.25 bits per heavy atom. The lowest BCUT2D eigenvalue weighted by Gasteiger charge is -2.32. The Bertz CT molecular complexity index is 578. The molecule has 0 radical (unpaired) electrons. The summed E-state index contributed by atoms with van der Waals surface area (Å²) in [6.07, 6.45) is 0.0240. The van der Waals surface area contributed by atoms with Crippen LogP contribution in [0.5, 0.6) is 0 Å². The second kappa shape index (κ2) is 4.75. The number of rotatable bonds is 3. The molecule has 1 aromatic rings. The van der Waals surface area contributed by atoms with Crippen LogP contribution < -0.4 is 16.9 Å². The van der Waals surface area contributed by atoms with E-state index in [-0.39, 0.29) is 12.0 Å². The molecule has 1 aromatic heterocycles. The fraction of sp³-hybridized carbons (Fsp3) is 0.538. The topological polar surface area (TPSA) is 94.4 Å². The van der Waals surface area contributed by atoms with Gasteiger partial charge in [-0.3, -0.25) is 9.59 Å². The van der Waals surface area contributed by atoms with Gasteiger partial charge in [0.1, 0.15) is 0 Å². The number of primary amides is 1. The van der Waals surface area contributed by atoms with Crippen molar-refractivity contribution >= 4 is 18.6 Å². The lowest BCUT2D eigenvalue weighted by Crippen LogP contribution is -2.42. The molecule has 0 aliphatic carbocycles. The van der Waals surface area contributed by atoms with E-state index in [1.165, 1.54) is 6.07 Å². The van der Waals surface area contributed by atoms with E-state index in [9.17, 15) is 9.59 Å². The van der Waals surface area contributed by atoms with Gasteiger partial charge in [0.2, 0.25) is 11.5 Å². The minimum absolute atomic E-state index is 0.0240.